The van der Waals surface area contributed by atoms with E-state index in [2.05, 4.69) is 19.2 Å². The van der Waals surface area contributed by atoms with E-state index in [4.69, 9.17) is 0 Å². The minimum absolute atomic E-state index is 0.0369. The summed E-state index contributed by atoms with van der Waals surface area (Å²) in [4.78, 5) is 0. The maximum Gasteiger partial charge on any atom is 0.154 e. The molecular formula is C12H27NO2S. The first-order valence-electron chi connectivity index (χ1n) is 6.05. The highest BCUT2D eigenvalue weighted by molar-refractivity contribution is 7.92. The van der Waals surface area contributed by atoms with Gasteiger partial charge in [-0.15, -0.1) is 0 Å². The average molecular weight is 249 g/mol. The third-order valence-electron chi connectivity index (χ3n) is 3.28. The number of nitrogens with one attached hydrogen (secondary N) is 1. The Morgan fingerprint density at radius 2 is 1.69 bits per heavy atom. The topological polar surface area (TPSA) is 46.2 Å². The molecule has 0 amide bonds. The van der Waals surface area contributed by atoms with Crippen molar-refractivity contribution in [2.75, 3.05) is 12.8 Å². The Bertz CT molecular complexity index is 294. The predicted molar refractivity (Wildman–Crippen MR) is 70.5 cm³/mol. The second kappa shape index (κ2) is 6.01. The van der Waals surface area contributed by atoms with Gasteiger partial charge in [0.25, 0.3) is 0 Å². The van der Waals surface area contributed by atoms with Crippen LogP contribution in [0, 0.1) is 5.92 Å². The lowest BCUT2D eigenvalue weighted by Gasteiger charge is -2.33. The normalized spacial score (nSPS) is 15.4. The first-order chi connectivity index (χ1) is 7.13. The molecule has 0 rings (SSSR count). The van der Waals surface area contributed by atoms with Gasteiger partial charge in [-0.25, -0.2) is 8.42 Å². The molecule has 1 N–H and O–H groups in total. The molecule has 4 heteroatoms. The fourth-order valence-electron chi connectivity index (χ4n) is 1.70. The predicted octanol–water partition coefficient (Wildman–Crippen LogP) is 2.22. The van der Waals surface area contributed by atoms with Crippen LogP contribution in [-0.2, 0) is 9.84 Å². The summed E-state index contributed by atoms with van der Waals surface area (Å²) in [6.45, 7) is 10.8. The average Bonchev–Trinajstić information content (AvgIpc) is 2.09. The summed E-state index contributed by atoms with van der Waals surface area (Å²) in [5.41, 5.74) is 0. The molecule has 0 heterocycles. The van der Waals surface area contributed by atoms with Crippen LogP contribution in [0.15, 0.2) is 0 Å². The van der Waals surface area contributed by atoms with Gasteiger partial charge in [0.05, 0.1) is 4.75 Å². The van der Waals surface area contributed by atoms with Crippen molar-refractivity contribution in [3.63, 3.8) is 0 Å². The Hall–Kier alpha value is -0.0900. The fraction of sp³-hybridized carbons (Fsp3) is 1.00. The van der Waals surface area contributed by atoms with Crippen LogP contribution in [0.3, 0.4) is 0 Å². The molecule has 0 saturated carbocycles. The molecule has 0 aliphatic carbocycles. The SMILES string of the molecule is CCNC(CCC(C)C)C(C)(C)S(C)(=O)=O. The number of sulfone groups is 1. The van der Waals surface area contributed by atoms with Crippen molar-refractivity contribution in [2.45, 2.75) is 58.2 Å². The summed E-state index contributed by atoms with van der Waals surface area (Å²) in [5.74, 6) is 0.608. The van der Waals surface area contributed by atoms with E-state index in [1.165, 1.54) is 6.26 Å². The molecule has 0 aliphatic heterocycles. The first kappa shape index (κ1) is 15.9. The molecule has 0 bridgehead atoms. The van der Waals surface area contributed by atoms with E-state index in [0.29, 0.717) is 5.92 Å². The molecule has 0 aliphatic rings. The molecule has 1 atom stereocenters. The molecule has 0 aromatic rings. The van der Waals surface area contributed by atoms with Crippen LogP contribution in [0.1, 0.15) is 47.5 Å². The van der Waals surface area contributed by atoms with Crippen molar-refractivity contribution in [1.82, 2.24) is 5.32 Å². The minimum Gasteiger partial charge on any atom is -0.313 e. The van der Waals surface area contributed by atoms with E-state index in [1.807, 2.05) is 20.8 Å². The molecule has 3 nitrogen and oxygen atoms in total. The number of rotatable bonds is 7. The highest BCUT2D eigenvalue weighted by atomic mass is 32.2. The highest BCUT2D eigenvalue weighted by Gasteiger charge is 2.38. The standard InChI is InChI=1S/C12H27NO2S/c1-7-13-11(9-8-10(2)3)12(4,5)16(6,14)15/h10-11,13H,7-9H2,1-6H3. The lowest BCUT2D eigenvalue weighted by atomic mass is 9.94. The summed E-state index contributed by atoms with van der Waals surface area (Å²) in [5, 5.41) is 3.31. The summed E-state index contributed by atoms with van der Waals surface area (Å²) < 4.78 is 22.9. The lowest BCUT2D eigenvalue weighted by Crippen LogP contribution is -2.51. The molecule has 1 unspecified atom stereocenters. The van der Waals surface area contributed by atoms with Gasteiger partial charge in [-0.2, -0.15) is 0 Å². The second-order valence-corrected chi connectivity index (χ2v) is 8.05. The third kappa shape index (κ3) is 4.42. The number of hydrogen-bond acceptors (Lipinski definition) is 3. The van der Waals surface area contributed by atoms with Crippen molar-refractivity contribution in [3.05, 3.63) is 0 Å². The Balaban J connectivity index is 4.76. The smallest absolute Gasteiger partial charge is 0.154 e. The first-order valence-corrected chi connectivity index (χ1v) is 7.95. The van der Waals surface area contributed by atoms with Crippen LogP contribution in [0.5, 0.6) is 0 Å². The second-order valence-electron chi connectivity index (χ2n) is 5.46. The summed E-state index contributed by atoms with van der Waals surface area (Å²) in [7, 11) is -3.03. The maximum atomic E-state index is 11.8. The van der Waals surface area contributed by atoms with Crippen molar-refractivity contribution in [3.8, 4) is 0 Å². The number of hydrogen-bond donors (Lipinski definition) is 1. The van der Waals surface area contributed by atoms with Gasteiger partial charge >= 0.3 is 0 Å². The summed E-state index contributed by atoms with van der Waals surface area (Å²) in [6, 6.07) is 0.0369. The van der Waals surface area contributed by atoms with E-state index in [0.717, 1.165) is 19.4 Å². The van der Waals surface area contributed by atoms with E-state index >= 15 is 0 Å². The Morgan fingerprint density at radius 1 is 1.19 bits per heavy atom. The van der Waals surface area contributed by atoms with Crippen molar-refractivity contribution >= 4 is 9.84 Å². The monoisotopic (exact) mass is 249 g/mol. The maximum absolute atomic E-state index is 11.8. The van der Waals surface area contributed by atoms with Crippen molar-refractivity contribution in [1.29, 1.82) is 0 Å². The Morgan fingerprint density at radius 3 is 2.00 bits per heavy atom. The fourth-order valence-corrected chi connectivity index (χ4v) is 2.42. The van der Waals surface area contributed by atoms with E-state index in [-0.39, 0.29) is 6.04 Å². The van der Waals surface area contributed by atoms with Crippen LogP contribution in [-0.4, -0.2) is 32.0 Å². The van der Waals surface area contributed by atoms with Crippen LogP contribution < -0.4 is 5.32 Å². The molecule has 0 spiro atoms. The lowest BCUT2D eigenvalue weighted by molar-refractivity contribution is 0.367. The third-order valence-corrected chi connectivity index (χ3v) is 5.47. The molecule has 0 aromatic carbocycles. The van der Waals surface area contributed by atoms with Gasteiger partial charge in [0, 0.05) is 12.3 Å². The summed E-state index contributed by atoms with van der Waals surface area (Å²) in [6.07, 6.45) is 3.29. The van der Waals surface area contributed by atoms with Gasteiger partial charge in [0.2, 0.25) is 0 Å². The Labute approximate surface area is 101 Å². The highest BCUT2D eigenvalue weighted by Crippen LogP contribution is 2.24. The van der Waals surface area contributed by atoms with E-state index < -0.39 is 14.6 Å². The van der Waals surface area contributed by atoms with Crippen LogP contribution in [0.4, 0.5) is 0 Å². The molecule has 0 radical (unpaired) electrons. The molecule has 0 fully saturated rings. The molecule has 16 heavy (non-hydrogen) atoms. The van der Waals surface area contributed by atoms with Crippen LogP contribution >= 0.6 is 0 Å². The van der Waals surface area contributed by atoms with E-state index in [9.17, 15) is 8.42 Å². The minimum atomic E-state index is -3.03. The zero-order valence-corrected chi connectivity index (χ0v) is 12.3. The zero-order chi connectivity index (χ0) is 13.0. The van der Waals surface area contributed by atoms with Crippen LogP contribution in [0.25, 0.3) is 0 Å². The Kier molecular flexibility index (Phi) is 5.98. The zero-order valence-electron chi connectivity index (χ0n) is 11.5. The molecule has 0 aromatic heterocycles. The van der Waals surface area contributed by atoms with Crippen molar-refractivity contribution in [2.24, 2.45) is 5.92 Å². The van der Waals surface area contributed by atoms with Gasteiger partial charge in [-0.1, -0.05) is 20.8 Å². The van der Waals surface area contributed by atoms with Gasteiger partial charge < -0.3 is 5.32 Å². The van der Waals surface area contributed by atoms with Crippen molar-refractivity contribution < 1.29 is 8.42 Å². The van der Waals surface area contributed by atoms with Crippen LogP contribution in [0.2, 0.25) is 0 Å². The molecule has 0 saturated heterocycles. The van der Waals surface area contributed by atoms with Gasteiger partial charge in [-0.3, -0.25) is 0 Å². The molecular weight excluding hydrogens is 222 g/mol. The van der Waals surface area contributed by atoms with Gasteiger partial charge in [0.15, 0.2) is 9.84 Å². The van der Waals surface area contributed by atoms with Gasteiger partial charge in [0.1, 0.15) is 0 Å². The largest absolute Gasteiger partial charge is 0.313 e. The summed E-state index contributed by atoms with van der Waals surface area (Å²) >= 11 is 0. The molecule has 98 valence electrons. The van der Waals surface area contributed by atoms with Gasteiger partial charge in [-0.05, 0) is 39.2 Å². The quantitative estimate of drug-likeness (QED) is 0.752. The van der Waals surface area contributed by atoms with E-state index in [1.54, 1.807) is 0 Å².